The van der Waals surface area contributed by atoms with Gasteiger partial charge in [0, 0.05) is 40.9 Å². The van der Waals surface area contributed by atoms with Crippen LogP contribution in [0.2, 0.25) is 0 Å². The Balaban J connectivity index is 0.00000196. The van der Waals surface area contributed by atoms with Gasteiger partial charge in [-0.3, -0.25) is 0 Å². The van der Waals surface area contributed by atoms with Gasteiger partial charge in [0.2, 0.25) is 6.17 Å². The minimum Gasteiger partial charge on any atom is -1.00 e. The highest BCUT2D eigenvalue weighted by molar-refractivity contribution is 6.31. The molecule has 26 heavy (non-hydrogen) atoms. The molecule has 1 N–H and O–H groups in total. The SMILES string of the molecule is O=C1N(Cl)C2[NH+](c3ccccc3)C(=O)N(Cl)C2(c2ccccc2)N1Cl.[Cl-]. The van der Waals surface area contributed by atoms with Crippen molar-refractivity contribution in [3.8, 4) is 0 Å². The van der Waals surface area contributed by atoms with Crippen molar-refractivity contribution in [1.82, 2.24) is 13.3 Å². The summed E-state index contributed by atoms with van der Waals surface area (Å²) in [6.45, 7) is 0. The van der Waals surface area contributed by atoms with E-state index in [4.69, 9.17) is 35.3 Å². The number of nitrogens with one attached hydrogen (secondary N) is 1. The van der Waals surface area contributed by atoms with Crippen LogP contribution in [-0.2, 0) is 5.66 Å². The smallest absolute Gasteiger partial charge is 0.441 e. The fourth-order valence-corrected chi connectivity index (χ4v) is 4.54. The van der Waals surface area contributed by atoms with Crippen LogP contribution in [-0.4, -0.2) is 31.5 Å². The number of amides is 4. The molecule has 2 fully saturated rings. The van der Waals surface area contributed by atoms with E-state index in [1.54, 1.807) is 48.5 Å². The summed E-state index contributed by atoms with van der Waals surface area (Å²) >= 11 is 19.0. The van der Waals surface area contributed by atoms with Crippen LogP contribution in [0.5, 0.6) is 0 Å². The van der Waals surface area contributed by atoms with Gasteiger partial charge in [-0.15, -0.1) is 0 Å². The van der Waals surface area contributed by atoms with E-state index in [2.05, 4.69) is 0 Å². The van der Waals surface area contributed by atoms with Crippen LogP contribution in [0.1, 0.15) is 5.56 Å². The summed E-state index contributed by atoms with van der Waals surface area (Å²) in [7, 11) is 0. The topological polar surface area (TPSA) is 48.3 Å². The summed E-state index contributed by atoms with van der Waals surface area (Å²) in [4.78, 5) is 25.8. The molecule has 2 saturated heterocycles. The second kappa shape index (κ2) is 6.79. The maximum Gasteiger partial charge on any atom is 0.441 e. The fourth-order valence-electron chi connectivity index (χ4n) is 3.45. The molecule has 2 aliphatic heterocycles. The number of carbonyl (C=O) groups is 2. The molecule has 0 aromatic heterocycles. The molecular weight excluding hydrogens is 422 g/mol. The average Bonchev–Trinajstić information content (AvgIpc) is 3.00. The quantitative estimate of drug-likeness (QED) is 0.679. The molecule has 4 rings (SSSR count). The number of quaternary nitrogens is 1. The summed E-state index contributed by atoms with van der Waals surface area (Å²) in [6.07, 6.45) is -0.867. The molecule has 2 aromatic rings. The first-order valence-corrected chi connectivity index (χ1v) is 8.45. The third kappa shape index (κ3) is 2.30. The van der Waals surface area contributed by atoms with Gasteiger partial charge in [0.05, 0.1) is 0 Å². The van der Waals surface area contributed by atoms with Crippen molar-refractivity contribution in [2.75, 3.05) is 0 Å². The predicted octanol–water partition coefficient (Wildman–Crippen LogP) is 0.0207. The molecule has 0 saturated carbocycles. The summed E-state index contributed by atoms with van der Waals surface area (Å²) in [5.41, 5.74) is -0.224. The number of urea groups is 2. The van der Waals surface area contributed by atoms with E-state index < -0.39 is 23.9 Å². The van der Waals surface area contributed by atoms with Crippen LogP contribution in [0.4, 0.5) is 15.3 Å². The van der Waals surface area contributed by atoms with E-state index in [9.17, 15) is 9.59 Å². The van der Waals surface area contributed by atoms with Gasteiger partial charge in [0.1, 0.15) is 5.69 Å². The third-order valence-corrected chi connectivity index (χ3v) is 5.68. The molecule has 10 heteroatoms. The molecule has 2 aromatic carbocycles. The number of para-hydroxylation sites is 1. The standard InChI is InChI=1S/C16H11Cl3N4O2.ClH/c17-21-13-16(23(19)15(21)25,11-7-3-1-4-8-11)22(18)14(24)20(13)12-9-5-2-6-10-12;/h1-10,13H;1H. The molecule has 4 amide bonds. The normalized spacial score (nSPS) is 27.6. The summed E-state index contributed by atoms with van der Waals surface area (Å²) in [5.74, 6) is 0. The summed E-state index contributed by atoms with van der Waals surface area (Å²) in [5, 5.41) is 0. The van der Waals surface area contributed by atoms with Gasteiger partial charge >= 0.3 is 12.1 Å². The van der Waals surface area contributed by atoms with Gasteiger partial charge in [-0.2, -0.15) is 18.2 Å². The van der Waals surface area contributed by atoms with Crippen molar-refractivity contribution in [3.05, 3.63) is 66.2 Å². The van der Waals surface area contributed by atoms with Gasteiger partial charge in [-0.1, -0.05) is 48.5 Å². The average molecular weight is 434 g/mol. The number of hydrogen-bond acceptors (Lipinski definition) is 2. The maximum atomic E-state index is 13.0. The Kier molecular flexibility index (Phi) is 4.98. The zero-order valence-corrected chi connectivity index (χ0v) is 16.0. The van der Waals surface area contributed by atoms with Crippen LogP contribution >= 0.6 is 35.3 Å². The summed E-state index contributed by atoms with van der Waals surface area (Å²) in [6, 6.07) is 16.7. The molecule has 0 bridgehead atoms. The Hall–Kier alpha value is -1.70. The van der Waals surface area contributed by atoms with Crippen LogP contribution in [0.3, 0.4) is 0 Å². The van der Waals surface area contributed by atoms with Gasteiger partial charge in [-0.25, -0.2) is 9.59 Å². The molecule has 3 atom stereocenters. The lowest BCUT2D eigenvalue weighted by Crippen LogP contribution is -3.13. The predicted molar refractivity (Wildman–Crippen MR) is 92.8 cm³/mol. The zero-order valence-electron chi connectivity index (χ0n) is 13.0. The van der Waals surface area contributed by atoms with Gasteiger partial charge < -0.3 is 12.4 Å². The van der Waals surface area contributed by atoms with Crippen molar-refractivity contribution in [1.29, 1.82) is 0 Å². The number of halogens is 4. The first-order chi connectivity index (χ1) is 12.0. The summed E-state index contributed by atoms with van der Waals surface area (Å²) < 4.78 is 2.78. The number of hydrogen-bond donors (Lipinski definition) is 1. The van der Waals surface area contributed by atoms with Crippen molar-refractivity contribution < 1.29 is 26.9 Å². The number of rotatable bonds is 2. The molecule has 0 aliphatic carbocycles. The van der Waals surface area contributed by atoms with E-state index in [0.717, 1.165) is 13.3 Å². The third-order valence-electron chi connectivity index (χ3n) is 4.52. The largest absolute Gasteiger partial charge is 1.00 e. The molecular formula is C16H12Cl4N4O2. The maximum absolute atomic E-state index is 13.0. The number of fused-ring (bicyclic) bond motifs is 1. The van der Waals surface area contributed by atoms with Crippen LogP contribution in [0, 0.1) is 0 Å². The molecule has 136 valence electrons. The van der Waals surface area contributed by atoms with Gasteiger partial charge in [0.25, 0.3) is 5.66 Å². The molecule has 0 spiro atoms. The second-order valence-corrected chi connectivity index (χ2v) is 6.78. The minimum atomic E-state index is -1.44. The highest BCUT2D eigenvalue weighted by atomic mass is 35.5. The van der Waals surface area contributed by atoms with Gasteiger partial charge in [0.15, 0.2) is 0 Å². The highest BCUT2D eigenvalue weighted by Gasteiger charge is 2.75. The minimum absolute atomic E-state index is 0. The lowest BCUT2D eigenvalue weighted by Gasteiger charge is -2.32. The molecule has 2 heterocycles. The van der Waals surface area contributed by atoms with E-state index in [0.29, 0.717) is 16.2 Å². The first-order valence-electron chi connectivity index (χ1n) is 7.44. The lowest BCUT2D eigenvalue weighted by molar-refractivity contribution is -0.777. The first kappa shape index (κ1) is 19.1. The number of nitrogens with zero attached hydrogens (tertiary/aromatic N) is 3. The van der Waals surface area contributed by atoms with E-state index >= 15 is 0 Å². The number of carbonyl (C=O) groups excluding carboxylic acids is 2. The van der Waals surface area contributed by atoms with E-state index in [1.807, 2.05) is 12.1 Å². The van der Waals surface area contributed by atoms with Crippen LogP contribution in [0.25, 0.3) is 0 Å². The number of benzene rings is 2. The Morgan fingerprint density at radius 1 is 0.846 bits per heavy atom. The van der Waals surface area contributed by atoms with Crippen molar-refractivity contribution in [2.24, 2.45) is 0 Å². The van der Waals surface area contributed by atoms with Crippen molar-refractivity contribution >= 4 is 53.1 Å². The zero-order chi connectivity index (χ0) is 17.8. The highest BCUT2D eigenvalue weighted by Crippen LogP contribution is 2.48. The molecule has 0 radical (unpaired) electrons. The Labute approximate surface area is 171 Å². The Bertz CT molecular complexity index is 841. The monoisotopic (exact) mass is 432 g/mol. The van der Waals surface area contributed by atoms with Crippen molar-refractivity contribution in [2.45, 2.75) is 11.8 Å². The molecule has 3 unspecified atom stereocenters. The molecule has 2 aliphatic rings. The van der Waals surface area contributed by atoms with Crippen LogP contribution in [0.15, 0.2) is 60.7 Å². The Morgan fingerprint density at radius 2 is 1.38 bits per heavy atom. The van der Waals surface area contributed by atoms with E-state index in [-0.39, 0.29) is 12.4 Å². The Morgan fingerprint density at radius 3 is 1.96 bits per heavy atom. The molecule has 6 nitrogen and oxygen atoms in total. The van der Waals surface area contributed by atoms with Crippen molar-refractivity contribution in [3.63, 3.8) is 0 Å². The second-order valence-electron chi connectivity index (χ2n) is 5.74. The lowest BCUT2D eigenvalue weighted by atomic mass is 9.98. The van der Waals surface area contributed by atoms with Gasteiger partial charge in [-0.05, 0) is 12.1 Å². The fraction of sp³-hybridized carbons (Fsp3) is 0.125. The van der Waals surface area contributed by atoms with E-state index in [1.165, 1.54) is 0 Å². The van der Waals surface area contributed by atoms with Crippen LogP contribution < -0.4 is 17.3 Å².